The molecule has 0 aliphatic carbocycles. The summed E-state index contributed by atoms with van der Waals surface area (Å²) in [5.74, 6) is 1.62. The Morgan fingerprint density at radius 3 is 3.20 bits per heavy atom. The van der Waals surface area contributed by atoms with E-state index in [0.29, 0.717) is 17.6 Å². The van der Waals surface area contributed by atoms with Crippen molar-refractivity contribution >= 4 is 17.0 Å². The van der Waals surface area contributed by atoms with Gasteiger partial charge in [-0.1, -0.05) is 23.4 Å². The monoisotopic (exact) mass is 284 g/mol. The second kappa shape index (κ2) is 4.72. The van der Waals surface area contributed by atoms with Gasteiger partial charge in [-0.15, -0.1) is 11.3 Å². The predicted molar refractivity (Wildman–Crippen MR) is 76.8 cm³/mol. The van der Waals surface area contributed by atoms with Crippen LogP contribution in [0.15, 0.2) is 39.7 Å². The molecule has 1 aliphatic rings. The van der Waals surface area contributed by atoms with Crippen molar-refractivity contribution in [2.45, 2.75) is 12.3 Å². The molecule has 0 saturated carbocycles. The number of para-hydroxylation sites is 1. The maximum Gasteiger partial charge on any atom is 0.227 e. The van der Waals surface area contributed by atoms with E-state index in [1.165, 1.54) is 22.6 Å². The molecule has 0 fully saturated rings. The minimum atomic E-state index is 0.384. The zero-order valence-electron chi connectivity index (χ0n) is 10.6. The van der Waals surface area contributed by atoms with E-state index in [4.69, 9.17) is 4.52 Å². The van der Waals surface area contributed by atoms with Crippen LogP contribution in [0.5, 0.6) is 0 Å². The number of rotatable bonds is 3. The van der Waals surface area contributed by atoms with Gasteiger partial charge in [-0.25, -0.2) is 4.98 Å². The maximum absolute atomic E-state index is 5.34. The summed E-state index contributed by atoms with van der Waals surface area (Å²) in [4.78, 5) is 8.62. The number of nitrogens with one attached hydrogen (secondary N) is 1. The van der Waals surface area contributed by atoms with Crippen molar-refractivity contribution in [3.8, 4) is 11.5 Å². The van der Waals surface area contributed by atoms with Crippen LogP contribution in [0.2, 0.25) is 0 Å². The predicted octanol–water partition coefficient (Wildman–Crippen LogP) is 2.94. The molecule has 20 heavy (non-hydrogen) atoms. The van der Waals surface area contributed by atoms with Crippen LogP contribution in [0.25, 0.3) is 11.5 Å². The van der Waals surface area contributed by atoms with Crippen molar-refractivity contribution < 1.29 is 4.52 Å². The Labute approximate surface area is 119 Å². The molecule has 0 radical (unpaired) electrons. The second-order valence-electron chi connectivity index (χ2n) is 4.75. The lowest BCUT2D eigenvalue weighted by Crippen LogP contribution is -2.05. The lowest BCUT2D eigenvalue weighted by molar-refractivity contribution is 0.372. The molecule has 0 bridgehead atoms. The number of hydrogen-bond donors (Lipinski definition) is 1. The van der Waals surface area contributed by atoms with Gasteiger partial charge in [0.15, 0.2) is 0 Å². The van der Waals surface area contributed by atoms with E-state index in [1.807, 2.05) is 11.4 Å². The van der Waals surface area contributed by atoms with Gasteiger partial charge in [-0.2, -0.15) is 4.98 Å². The van der Waals surface area contributed by atoms with Crippen molar-refractivity contribution in [3.63, 3.8) is 0 Å². The first kappa shape index (κ1) is 11.6. The van der Waals surface area contributed by atoms with Crippen molar-refractivity contribution in [3.05, 3.63) is 46.6 Å². The van der Waals surface area contributed by atoms with Gasteiger partial charge in [0, 0.05) is 30.0 Å². The molecule has 3 heterocycles. The van der Waals surface area contributed by atoms with Crippen LogP contribution >= 0.6 is 11.3 Å². The van der Waals surface area contributed by atoms with Gasteiger partial charge in [-0.05, 0) is 11.6 Å². The Balaban J connectivity index is 1.56. The molecular formula is C14H12N4OS. The molecule has 1 N–H and O–H groups in total. The number of aromatic nitrogens is 3. The van der Waals surface area contributed by atoms with Gasteiger partial charge < -0.3 is 9.84 Å². The van der Waals surface area contributed by atoms with Gasteiger partial charge in [0.1, 0.15) is 5.69 Å². The molecule has 0 amide bonds. The number of thiazole rings is 1. The highest BCUT2D eigenvalue weighted by Gasteiger charge is 2.24. The van der Waals surface area contributed by atoms with Crippen LogP contribution in [0, 0.1) is 0 Å². The Morgan fingerprint density at radius 1 is 1.35 bits per heavy atom. The minimum Gasteiger partial charge on any atom is -0.384 e. The molecule has 2 aromatic heterocycles. The summed E-state index contributed by atoms with van der Waals surface area (Å²) in [6, 6.07) is 8.36. The van der Waals surface area contributed by atoms with E-state index in [0.717, 1.165) is 18.7 Å². The molecule has 0 spiro atoms. The van der Waals surface area contributed by atoms with E-state index >= 15 is 0 Å². The molecule has 1 aliphatic heterocycles. The molecule has 4 rings (SSSR count). The van der Waals surface area contributed by atoms with E-state index in [9.17, 15) is 0 Å². The Hall–Kier alpha value is -2.21. The first-order valence-electron chi connectivity index (χ1n) is 6.44. The van der Waals surface area contributed by atoms with E-state index in [-0.39, 0.29) is 0 Å². The van der Waals surface area contributed by atoms with Crippen LogP contribution in [0.3, 0.4) is 0 Å². The van der Waals surface area contributed by atoms with Crippen LogP contribution in [-0.2, 0) is 6.42 Å². The van der Waals surface area contributed by atoms with Crippen LogP contribution in [-0.4, -0.2) is 21.7 Å². The average Bonchev–Trinajstić information content (AvgIpc) is 3.19. The van der Waals surface area contributed by atoms with Crippen molar-refractivity contribution in [1.29, 1.82) is 0 Å². The molecule has 3 aromatic rings. The van der Waals surface area contributed by atoms with Gasteiger partial charge in [0.05, 0.1) is 5.51 Å². The molecule has 6 heteroatoms. The van der Waals surface area contributed by atoms with E-state index in [2.05, 4.69) is 38.6 Å². The number of fused-ring (bicyclic) bond motifs is 1. The summed E-state index contributed by atoms with van der Waals surface area (Å²) >= 11 is 1.52. The first-order valence-corrected chi connectivity index (χ1v) is 7.38. The van der Waals surface area contributed by atoms with Crippen molar-refractivity contribution in [2.75, 3.05) is 11.9 Å². The molecule has 0 saturated heterocycles. The fourth-order valence-electron chi connectivity index (χ4n) is 2.51. The zero-order valence-corrected chi connectivity index (χ0v) is 11.4. The Bertz CT molecular complexity index is 722. The van der Waals surface area contributed by atoms with Gasteiger partial charge in [-0.3, -0.25) is 0 Å². The van der Waals surface area contributed by atoms with Crippen LogP contribution < -0.4 is 5.32 Å². The Morgan fingerprint density at radius 2 is 2.30 bits per heavy atom. The number of anilines is 1. The van der Waals surface area contributed by atoms with Gasteiger partial charge in [0.2, 0.25) is 11.7 Å². The second-order valence-corrected chi connectivity index (χ2v) is 5.47. The van der Waals surface area contributed by atoms with Crippen molar-refractivity contribution in [2.24, 2.45) is 0 Å². The molecule has 1 aromatic carbocycles. The van der Waals surface area contributed by atoms with Crippen molar-refractivity contribution in [1.82, 2.24) is 15.1 Å². The summed E-state index contributed by atoms with van der Waals surface area (Å²) in [6.45, 7) is 0.910. The standard InChI is InChI=1S/C14H12N4OS/c1-2-4-11-10(3-1)9(6-15-11)5-13-17-14(18-19-13)12-7-20-8-16-12/h1-4,7-9,15H,5-6H2. The fourth-order valence-corrected chi connectivity index (χ4v) is 3.05. The normalized spacial score (nSPS) is 16.9. The van der Waals surface area contributed by atoms with Crippen LogP contribution in [0.1, 0.15) is 17.4 Å². The lowest BCUT2D eigenvalue weighted by atomic mass is 9.98. The Kier molecular flexibility index (Phi) is 2.74. The molecule has 1 atom stereocenters. The summed E-state index contributed by atoms with van der Waals surface area (Å²) in [5.41, 5.74) is 5.07. The quantitative estimate of drug-likeness (QED) is 0.801. The SMILES string of the molecule is c1ccc2c(c1)NCC2Cc1nc(-c2cscn2)no1. The average molecular weight is 284 g/mol. The van der Waals surface area contributed by atoms with E-state index in [1.54, 1.807) is 5.51 Å². The summed E-state index contributed by atoms with van der Waals surface area (Å²) in [7, 11) is 0. The molecule has 5 nitrogen and oxygen atoms in total. The summed E-state index contributed by atoms with van der Waals surface area (Å²) < 4.78 is 5.34. The van der Waals surface area contributed by atoms with Crippen LogP contribution in [0.4, 0.5) is 5.69 Å². The minimum absolute atomic E-state index is 0.384. The fraction of sp³-hybridized carbons (Fsp3) is 0.214. The smallest absolute Gasteiger partial charge is 0.227 e. The molecular weight excluding hydrogens is 272 g/mol. The number of hydrogen-bond acceptors (Lipinski definition) is 6. The maximum atomic E-state index is 5.34. The highest BCUT2D eigenvalue weighted by atomic mass is 32.1. The summed E-state index contributed by atoms with van der Waals surface area (Å²) in [5, 5.41) is 9.32. The first-order chi connectivity index (χ1) is 9.90. The lowest BCUT2D eigenvalue weighted by Gasteiger charge is -2.05. The third-order valence-electron chi connectivity index (χ3n) is 3.49. The third-order valence-corrected chi connectivity index (χ3v) is 4.08. The summed E-state index contributed by atoms with van der Waals surface area (Å²) in [6.07, 6.45) is 0.751. The van der Waals surface area contributed by atoms with Gasteiger partial charge in [0.25, 0.3) is 0 Å². The van der Waals surface area contributed by atoms with E-state index < -0.39 is 0 Å². The third kappa shape index (κ3) is 1.98. The van der Waals surface area contributed by atoms with Gasteiger partial charge >= 0.3 is 0 Å². The largest absolute Gasteiger partial charge is 0.384 e. The number of nitrogens with zero attached hydrogens (tertiary/aromatic N) is 3. The zero-order chi connectivity index (χ0) is 13.4. The topological polar surface area (TPSA) is 63.8 Å². The highest BCUT2D eigenvalue weighted by Crippen LogP contribution is 2.33. The molecule has 1 unspecified atom stereocenters. The highest BCUT2D eigenvalue weighted by molar-refractivity contribution is 7.07. The molecule has 100 valence electrons. The number of benzene rings is 1.